The lowest BCUT2D eigenvalue weighted by Gasteiger charge is -2.34. The fourth-order valence-corrected chi connectivity index (χ4v) is 1.74. The van der Waals surface area contributed by atoms with E-state index in [2.05, 4.69) is 12.4 Å². The van der Waals surface area contributed by atoms with Gasteiger partial charge in [-0.15, -0.1) is 12.4 Å². The third kappa shape index (κ3) is 3.97. The van der Waals surface area contributed by atoms with E-state index in [1.165, 1.54) is 0 Å². The molecule has 5 heteroatoms. The summed E-state index contributed by atoms with van der Waals surface area (Å²) in [5.41, 5.74) is 7.70. The normalized spacial score (nSPS) is 30.5. The van der Waals surface area contributed by atoms with Gasteiger partial charge in [0.2, 0.25) is 0 Å². The molecule has 0 aliphatic heterocycles. The van der Waals surface area contributed by atoms with Crippen LogP contribution in [-0.4, -0.2) is 18.1 Å². The minimum absolute atomic E-state index is 0. The first kappa shape index (κ1) is 14.7. The largest absolute Gasteiger partial charge is 0.317 e. The number of hydroxylamine groups is 1. The molecule has 0 bridgehead atoms. The molecule has 1 aliphatic rings. The fourth-order valence-electron chi connectivity index (χ4n) is 1.74. The number of rotatable bonds is 3. The van der Waals surface area contributed by atoms with Gasteiger partial charge in [0, 0.05) is 0 Å². The first-order chi connectivity index (χ1) is 6.58. The van der Waals surface area contributed by atoms with Crippen LogP contribution in [0.3, 0.4) is 0 Å². The van der Waals surface area contributed by atoms with E-state index in [1.54, 1.807) is 0 Å². The van der Waals surface area contributed by atoms with Gasteiger partial charge >= 0.3 is 0 Å². The molecule has 0 atom stereocenters. The summed E-state index contributed by atoms with van der Waals surface area (Å²) >= 11 is 0. The van der Waals surface area contributed by atoms with Crippen LogP contribution in [0.2, 0.25) is 0 Å². The van der Waals surface area contributed by atoms with E-state index in [9.17, 15) is 4.79 Å². The molecule has 0 unspecified atom stereocenters. The average molecular weight is 237 g/mol. The third-order valence-electron chi connectivity index (χ3n) is 2.93. The zero-order valence-corrected chi connectivity index (χ0v) is 10.2. The zero-order chi connectivity index (χ0) is 10.6. The highest BCUT2D eigenvalue weighted by molar-refractivity contribution is 5.85. The lowest BCUT2D eigenvalue weighted by atomic mass is 9.77. The smallest absolute Gasteiger partial charge is 0.263 e. The van der Waals surface area contributed by atoms with Crippen molar-refractivity contribution in [3.05, 3.63) is 0 Å². The van der Waals surface area contributed by atoms with E-state index in [4.69, 9.17) is 10.6 Å². The predicted molar refractivity (Wildman–Crippen MR) is 61.6 cm³/mol. The molecule has 0 spiro atoms. The number of hydrogen-bond donors (Lipinski definition) is 2. The minimum atomic E-state index is -0.707. The molecule has 90 valence electrons. The molecule has 3 N–H and O–H groups in total. The van der Waals surface area contributed by atoms with Crippen molar-refractivity contribution in [3.8, 4) is 0 Å². The lowest BCUT2D eigenvalue weighted by Crippen LogP contribution is -2.55. The molecule has 1 aliphatic carbocycles. The van der Waals surface area contributed by atoms with Gasteiger partial charge in [0.15, 0.2) is 0 Å². The highest BCUT2D eigenvalue weighted by atomic mass is 35.5. The van der Waals surface area contributed by atoms with Crippen molar-refractivity contribution in [2.24, 2.45) is 11.7 Å². The van der Waals surface area contributed by atoms with Gasteiger partial charge in [0.05, 0.1) is 12.1 Å². The summed E-state index contributed by atoms with van der Waals surface area (Å²) in [5, 5.41) is 0. The molecule has 0 saturated heterocycles. The molecule has 1 fully saturated rings. The Bertz CT molecular complexity index is 204. The minimum Gasteiger partial charge on any atom is -0.317 e. The Morgan fingerprint density at radius 3 is 2.53 bits per heavy atom. The molecule has 0 aromatic heterocycles. The van der Waals surface area contributed by atoms with Crippen molar-refractivity contribution in [2.75, 3.05) is 6.61 Å². The second kappa shape index (κ2) is 6.30. The summed E-state index contributed by atoms with van der Waals surface area (Å²) in [4.78, 5) is 16.5. The SMILES string of the molecule is CCONC(=O)C1(N)CCC(C)CC1.Cl. The number of nitrogens with two attached hydrogens (primary N) is 1. The maximum absolute atomic E-state index is 11.6. The lowest BCUT2D eigenvalue weighted by molar-refractivity contribution is -0.140. The van der Waals surface area contributed by atoms with Crippen molar-refractivity contribution >= 4 is 18.3 Å². The molecule has 1 amide bonds. The zero-order valence-electron chi connectivity index (χ0n) is 9.41. The highest BCUT2D eigenvalue weighted by Crippen LogP contribution is 2.30. The van der Waals surface area contributed by atoms with Crippen LogP contribution >= 0.6 is 12.4 Å². The molecule has 0 radical (unpaired) electrons. The van der Waals surface area contributed by atoms with Gasteiger partial charge in [0.25, 0.3) is 5.91 Å². The number of carbonyl (C=O) groups is 1. The van der Waals surface area contributed by atoms with Gasteiger partial charge in [-0.05, 0) is 38.5 Å². The Morgan fingerprint density at radius 2 is 2.07 bits per heavy atom. The second-order valence-corrected chi connectivity index (χ2v) is 4.20. The maximum Gasteiger partial charge on any atom is 0.263 e. The van der Waals surface area contributed by atoms with Gasteiger partial charge < -0.3 is 5.73 Å². The monoisotopic (exact) mass is 236 g/mol. The predicted octanol–water partition coefficient (Wildman–Crippen LogP) is 1.38. The molecule has 1 saturated carbocycles. The van der Waals surface area contributed by atoms with Crippen molar-refractivity contribution in [1.82, 2.24) is 5.48 Å². The van der Waals surface area contributed by atoms with E-state index < -0.39 is 5.54 Å². The quantitative estimate of drug-likeness (QED) is 0.728. The molecular formula is C10H21ClN2O2. The first-order valence-corrected chi connectivity index (χ1v) is 5.29. The summed E-state index contributed by atoms with van der Waals surface area (Å²) in [6, 6.07) is 0. The molecule has 0 aromatic carbocycles. The van der Waals surface area contributed by atoms with Crippen LogP contribution in [0.25, 0.3) is 0 Å². The van der Waals surface area contributed by atoms with Crippen LogP contribution in [0.15, 0.2) is 0 Å². The van der Waals surface area contributed by atoms with Crippen LogP contribution in [-0.2, 0) is 9.63 Å². The van der Waals surface area contributed by atoms with Crippen molar-refractivity contribution in [1.29, 1.82) is 0 Å². The van der Waals surface area contributed by atoms with Crippen molar-refractivity contribution < 1.29 is 9.63 Å². The second-order valence-electron chi connectivity index (χ2n) is 4.20. The molecule has 0 heterocycles. The number of halogens is 1. The Kier molecular flexibility index (Phi) is 6.17. The Hall–Kier alpha value is -0.320. The Balaban J connectivity index is 0.00000196. The van der Waals surface area contributed by atoms with Gasteiger partial charge in [-0.25, -0.2) is 5.48 Å². The summed E-state index contributed by atoms with van der Waals surface area (Å²) < 4.78 is 0. The van der Waals surface area contributed by atoms with E-state index in [0.717, 1.165) is 25.7 Å². The number of nitrogens with one attached hydrogen (secondary N) is 1. The summed E-state index contributed by atoms with van der Waals surface area (Å²) in [5.74, 6) is 0.512. The van der Waals surface area contributed by atoms with Gasteiger partial charge in [-0.1, -0.05) is 6.92 Å². The maximum atomic E-state index is 11.6. The number of hydrogen-bond acceptors (Lipinski definition) is 3. The summed E-state index contributed by atoms with van der Waals surface area (Å²) in [7, 11) is 0. The van der Waals surface area contributed by atoms with Gasteiger partial charge in [-0.3, -0.25) is 9.63 Å². The molecule has 0 aromatic rings. The number of amides is 1. The average Bonchev–Trinajstić information content (AvgIpc) is 2.19. The van der Waals surface area contributed by atoms with E-state index >= 15 is 0 Å². The number of carbonyl (C=O) groups excluding carboxylic acids is 1. The van der Waals surface area contributed by atoms with Gasteiger partial charge in [-0.2, -0.15) is 0 Å². The first-order valence-electron chi connectivity index (χ1n) is 5.29. The third-order valence-corrected chi connectivity index (χ3v) is 2.93. The topological polar surface area (TPSA) is 64.3 Å². The van der Waals surface area contributed by atoms with Crippen LogP contribution < -0.4 is 11.2 Å². The Labute approximate surface area is 97.3 Å². The highest BCUT2D eigenvalue weighted by Gasteiger charge is 2.37. The van der Waals surface area contributed by atoms with Crippen LogP contribution in [0.1, 0.15) is 39.5 Å². The van der Waals surface area contributed by atoms with E-state index in [-0.39, 0.29) is 18.3 Å². The van der Waals surface area contributed by atoms with E-state index in [1.807, 2.05) is 6.92 Å². The molecule has 1 rings (SSSR count). The molecular weight excluding hydrogens is 216 g/mol. The van der Waals surface area contributed by atoms with Crippen LogP contribution in [0, 0.1) is 5.92 Å². The molecule has 15 heavy (non-hydrogen) atoms. The van der Waals surface area contributed by atoms with Crippen molar-refractivity contribution in [2.45, 2.75) is 45.1 Å². The molecule has 4 nitrogen and oxygen atoms in total. The van der Waals surface area contributed by atoms with Crippen LogP contribution in [0.5, 0.6) is 0 Å². The summed E-state index contributed by atoms with van der Waals surface area (Å²) in [6.45, 7) is 4.49. The van der Waals surface area contributed by atoms with Gasteiger partial charge in [0.1, 0.15) is 0 Å². The van der Waals surface area contributed by atoms with Crippen LogP contribution in [0.4, 0.5) is 0 Å². The van der Waals surface area contributed by atoms with Crippen molar-refractivity contribution in [3.63, 3.8) is 0 Å². The Morgan fingerprint density at radius 1 is 1.53 bits per heavy atom. The fraction of sp³-hybridized carbons (Fsp3) is 0.900. The standard InChI is InChI=1S/C10H20N2O2.ClH/c1-3-14-12-9(13)10(11)6-4-8(2)5-7-10;/h8H,3-7,11H2,1-2H3,(H,12,13);1H. The summed E-state index contributed by atoms with van der Waals surface area (Å²) in [6.07, 6.45) is 3.56. The van der Waals surface area contributed by atoms with E-state index in [0.29, 0.717) is 12.5 Å².